The second kappa shape index (κ2) is 4.90. The summed E-state index contributed by atoms with van der Waals surface area (Å²) in [6.07, 6.45) is 1.92. The van der Waals surface area contributed by atoms with Gasteiger partial charge in [-0.1, -0.05) is 13.8 Å². The van der Waals surface area contributed by atoms with Crippen LogP contribution in [-0.4, -0.2) is 30.3 Å². The molecule has 0 spiro atoms. The highest BCUT2D eigenvalue weighted by Crippen LogP contribution is 2.33. The molecule has 1 fully saturated rings. The lowest BCUT2D eigenvalue weighted by atomic mass is 10.0. The monoisotopic (exact) mass is 288 g/mol. The van der Waals surface area contributed by atoms with E-state index in [1.165, 1.54) is 11.3 Å². The predicted molar refractivity (Wildman–Crippen MR) is 73.3 cm³/mol. The molecular formula is C12H20N2O2S2. The fourth-order valence-electron chi connectivity index (χ4n) is 2.59. The molecule has 1 atom stereocenters. The fourth-order valence-corrected chi connectivity index (χ4v) is 6.01. The molecule has 18 heavy (non-hydrogen) atoms. The van der Waals surface area contributed by atoms with Gasteiger partial charge in [0.2, 0.25) is 0 Å². The summed E-state index contributed by atoms with van der Waals surface area (Å²) < 4.78 is 27.5. The van der Waals surface area contributed by atoms with Gasteiger partial charge in [0.25, 0.3) is 10.0 Å². The summed E-state index contributed by atoms with van der Waals surface area (Å²) in [6, 6.07) is 0.136. The lowest BCUT2D eigenvalue weighted by molar-refractivity contribution is 0.316. The van der Waals surface area contributed by atoms with E-state index in [1.54, 1.807) is 11.2 Å². The molecule has 4 nitrogen and oxygen atoms in total. The quantitative estimate of drug-likeness (QED) is 0.859. The highest BCUT2D eigenvalue weighted by molar-refractivity contribution is 7.91. The van der Waals surface area contributed by atoms with Gasteiger partial charge in [0, 0.05) is 12.6 Å². The van der Waals surface area contributed by atoms with Crippen molar-refractivity contribution in [2.24, 2.45) is 5.92 Å². The molecule has 0 bridgehead atoms. The largest absolute Gasteiger partial charge is 0.254 e. The number of sulfonamides is 1. The van der Waals surface area contributed by atoms with Crippen molar-refractivity contribution in [1.29, 1.82) is 0 Å². The number of aryl methyl sites for hydroxylation is 2. The maximum atomic E-state index is 12.7. The van der Waals surface area contributed by atoms with Crippen LogP contribution >= 0.6 is 11.3 Å². The van der Waals surface area contributed by atoms with Crippen molar-refractivity contribution in [3.05, 3.63) is 10.7 Å². The molecule has 1 aromatic rings. The second-order valence-electron chi connectivity index (χ2n) is 5.18. The van der Waals surface area contributed by atoms with Gasteiger partial charge in [-0.15, -0.1) is 11.3 Å². The highest BCUT2D eigenvalue weighted by atomic mass is 32.2. The Kier molecular flexibility index (Phi) is 3.80. The third-order valence-electron chi connectivity index (χ3n) is 3.42. The maximum absolute atomic E-state index is 12.7. The summed E-state index contributed by atoms with van der Waals surface area (Å²) in [4.78, 5) is 4.23. The van der Waals surface area contributed by atoms with Gasteiger partial charge in [-0.3, -0.25) is 0 Å². The van der Waals surface area contributed by atoms with Gasteiger partial charge in [-0.05, 0) is 32.6 Å². The van der Waals surface area contributed by atoms with E-state index in [1.807, 2.05) is 6.92 Å². The van der Waals surface area contributed by atoms with Crippen molar-refractivity contribution in [3.63, 3.8) is 0 Å². The first kappa shape index (κ1) is 14.0. The van der Waals surface area contributed by atoms with Crippen LogP contribution in [-0.2, 0) is 10.0 Å². The number of nitrogens with zero attached hydrogens (tertiary/aromatic N) is 2. The standard InChI is InChI=1S/C12H20N2O2S2/c1-8(2)11-6-5-7-14(11)18(15,16)12-9(3)13-10(4)17-12/h8,11H,5-7H2,1-4H3/t11-/m1/s1. The van der Waals surface area contributed by atoms with Crippen molar-refractivity contribution in [1.82, 2.24) is 9.29 Å². The molecule has 0 radical (unpaired) electrons. The number of hydrogen-bond acceptors (Lipinski definition) is 4. The van der Waals surface area contributed by atoms with E-state index in [4.69, 9.17) is 0 Å². The van der Waals surface area contributed by atoms with E-state index in [0.717, 1.165) is 17.8 Å². The lowest BCUT2D eigenvalue weighted by Gasteiger charge is -2.26. The van der Waals surface area contributed by atoms with Gasteiger partial charge in [0.05, 0.1) is 10.7 Å². The molecular weight excluding hydrogens is 268 g/mol. The molecule has 1 saturated heterocycles. The first-order chi connectivity index (χ1) is 8.34. The Hall–Kier alpha value is -0.460. The van der Waals surface area contributed by atoms with Crippen molar-refractivity contribution in [3.8, 4) is 0 Å². The summed E-state index contributed by atoms with van der Waals surface area (Å²) in [6.45, 7) is 8.44. The Morgan fingerprint density at radius 2 is 2.06 bits per heavy atom. The predicted octanol–water partition coefficient (Wildman–Crippen LogP) is 2.57. The second-order valence-corrected chi connectivity index (χ2v) is 8.46. The van der Waals surface area contributed by atoms with Crippen molar-refractivity contribution < 1.29 is 8.42 Å². The maximum Gasteiger partial charge on any atom is 0.254 e. The van der Waals surface area contributed by atoms with E-state index < -0.39 is 10.0 Å². The van der Waals surface area contributed by atoms with Crippen molar-refractivity contribution in [2.75, 3.05) is 6.54 Å². The molecule has 1 aliphatic heterocycles. The minimum Gasteiger partial charge on any atom is -0.245 e. The Balaban J connectivity index is 2.40. The van der Waals surface area contributed by atoms with Crippen LogP contribution in [0.1, 0.15) is 37.4 Å². The first-order valence-electron chi connectivity index (χ1n) is 6.30. The van der Waals surface area contributed by atoms with Crippen LogP contribution in [0.15, 0.2) is 4.21 Å². The third-order valence-corrected chi connectivity index (χ3v) is 7.01. The Morgan fingerprint density at radius 1 is 1.39 bits per heavy atom. The molecule has 0 amide bonds. The van der Waals surface area contributed by atoms with Crippen LogP contribution in [0.25, 0.3) is 0 Å². The molecule has 0 N–H and O–H groups in total. The molecule has 0 unspecified atom stereocenters. The van der Waals surface area contributed by atoms with Gasteiger partial charge in [-0.25, -0.2) is 13.4 Å². The number of rotatable bonds is 3. The molecule has 0 aromatic carbocycles. The summed E-state index contributed by atoms with van der Waals surface area (Å²) >= 11 is 1.28. The van der Waals surface area contributed by atoms with Crippen LogP contribution in [0, 0.1) is 19.8 Å². The van der Waals surface area contributed by atoms with Crippen LogP contribution in [0.2, 0.25) is 0 Å². The number of thiazole rings is 1. The molecule has 0 aliphatic carbocycles. The zero-order valence-electron chi connectivity index (χ0n) is 11.3. The zero-order chi connectivity index (χ0) is 13.5. The zero-order valence-corrected chi connectivity index (χ0v) is 12.9. The number of aromatic nitrogens is 1. The summed E-state index contributed by atoms with van der Waals surface area (Å²) in [7, 11) is -3.35. The fraction of sp³-hybridized carbons (Fsp3) is 0.750. The summed E-state index contributed by atoms with van der Waals surface area (Å²) in [5, 5.41) is 0.811. The normalized spacial score (nSPS) is 21.9. The smallest absolute Gasteiger partial charge is 0.245 e. The average Bonchev–Trinajstić information content (AvgIpc) is 2.84. The van der Waals surface area contributed by atoms with E-state index in [2.05, 4.69) is 18.8 Å². The van der Waals surface area contributed by atoms with Crippen molar-refractivity contribution in [2.45, 2.75) is 50.8 Å². The topological polar surface area (TPSA) is 50.3 Å². The Bertz CT molecular complexity index is 534. The molecule has 6 heteroatoms. The summed E-state index contributed by atoms with van der Waals surface area (Å²) in [5.41, 5.74) is 0.631. The van der Waals surface area contributed by atoms with E-state index in [9.17, 15) is 8.42 Å². The minimum absolute atomic E-state index is 0.136. The average molecular weight is 288 g/mol. The minimum atomic E-state index is -3.35. The van der Waals surface area contributed by atoms with E-state index in [-0.39, 0.29) is 6.04 Å². The van der Waals surface area contributed by atoms with Gasteiger partial charge < -0.3 is 0 Å². The van der Waals surface area contributed by atoms with Crippen LogP contribution < -0.4 is 0 Å². The van der Waals surface area contributed by atoms with Gasteiger partial charge in [0.1, 0.15) is 0 Å². The van der Waals surface area contributed by atoms with Crippen LogP contribution in [0.4, 0.5) is 0 Å². The third kappa shape index (κ3) is 2.33. The van der Waals surface area contributed by atoms with Crippen LogP contribution in [0.3, 0.4) is 0 Å². The molecule has 1 aliphatic rings. The molecule has 2 rings (SSSR count). The van der Waals surface area contributed by atoms with Gasteiger partial charge in [0.15, 0.2) is 4.21 Å². The highest BCUT2D eigenvalue weighted by Gasteiger charge is 2.38. The van der Waals surface area contributed by atoms with Crippen LogP contribution in [0.5, 0.6) is 0 Å². The molecule has 2 heterocycles. The SMILES string of the molecule is Cc1nc(C)c(S(=O)(=O)N2CCC[C@@H]2C(C)C)s1. The first-order valence-corrected chi connectivity index (χ1v) is 8.55. The Morgan fingerprint density at radius 3 is 2.56 bits per heavy atom. The van der Waals surface area contributed by atoms with Gasteiger partial charge in [-0.2, -0.15) is 4.31 Å². The van der Waals surface area contributed by atoms with Crippen molar-refractivity contribution >= 4 is 21.4 Å². The molecule has 0 saturated carbocycles. The number of hydrogen-bond donors (Lipinski definition) is 0. The molecule has 102 valence electrons. The van der Waals surface area contributed by atoms with E-state index in [0.29, 0.717) is 22.4 Å². The lowest BCUT2D eigenvalue weighted by Crippen LogP contribution is -2.38. The van der Waals surface area contributed by atoms with Gasteiger partial charge >= 0.3 is 0 Å². The molecule has 1 aromatic heterocycles. The Labute approximate surface area is 113 Å². The summed E-state index contributed by atoms with van der Waals surface area (Å²) in [5.74, 6) is 0.358. The van der Waals surface area contributed by atoms with E-state index >= 15 is 0 Å².